The van der Waals surface area contributed by atoms with Gasteiger partial charge in [0.05, 0.1) is 25.1 Å². The molecule has 0 saturated heterocycles. The number of fused-ring (bicyclic) bond motifs is 1. The van der Waals surface area contributed by atoms with Gasteiger partial charge >= 0.3 is 5.97 Å². The van der Waals surface area contributed by atoms with E-state index in [1.165, 1.54) is 7.11 Å². The summed E-state index contributed by atoms with van der Waals surface area (Å²) < 4.78 is 10.9. The predicted molar refractivity (Wildman–Crippen MR) is 72.1 cm³/mol. The molecule has 0 radical (unpaired) electrons. The van der Waals surface area contributed by atoms with E-state index in [4.69, 9.17) is 4.74 Å². The van der Waals surface area contributed by atoms with Gasteiger partial charge in [0.1, 0.15) is 5.75 Å². The smallest absolute Gasteiger partial charge is 0.356 e. The van der Waals surface area contributed by atoms with Gasteiger partial charge in [-0.3, -0.25) is 0 Å². The number of methoxy groups -OCH3 is 2. The molecule has 2 rings (SSSR count). The van der Waals surface area contributed by atoms with Gasteiger partial charge in [-0.25, -0.2) is 9.78 Å². The Morgan fingerprint density at radius 2 is 2.06 bits per heavy atom. The number of nitrogens with zero attached hydrogens (tertiary/aromatic N) is 1. The summed E-state index contributed by atoms with van der Waals surface area (Å²) in [6, 6.07) is 5.44. The Bertz CT molecular complexity index is 625. The topological polar surface area (TPSA) is 48.4 Å². The molecule has 0 amide bonds. The molecule has 0 aliphatic heterocycles. The molecule has 18 heavy (non-hydrogen) atoms. The van der Waals surface area contributed by atoms with Gasteiger partial charge in [-0.1, -0.05) is 6.07 Å². The van der Waals surface area contributed by atoms with Crippen LogP contribution in [0.5, 0.6) is 5.75 Å². The molecule has 0 N–H and O–H groups in total. The average Bonchev–Trinajstić information content (AvgIpc) is 2.40. The second-order valence-corrected chi connectivity index (χ2v) is 4.64. The van der Waals surface area contributed by atoms with E-state index in [-0.39, 0.29) is 5.69 Å². The Hall–Kier alpha value is -1.62. The van der Waals surface area contributed by atoms with Crippen molar-refractivity contribution in [2.75, 3.05) is 14.2 Å². The molecule has 94 valence electrons. The lowest BCUT2D eigenvalue weighted by Crippen LogP contribution is -2.05. The number of ether oxygens (including phenoxy) is 2. The van der Waals surface area contributed by atoms with Crippen LogP contribution in [0.2, 0.25) is 0 Å². The van der Waals surface area contributed by atoms with Gasteiger partial charge < -0.3 is 9.47 Å². The van der Waals surface area contributed by atoms with Gasteiger partial charge in [0.15, 0.2) is 5.69 Å². The van der Waals surface area contributed by atoms with Gasteiger partial charge in [0.25, 0.3) is 0 Å². The van der Waals surface area contributed by atoms with E-state index in [0.29, 0.717) is 5.75 Å². The normalized spacial score (nSPS) is 10.4. The molecule has 0 aliphatic rings. The summed E-state index contributed by atoms with van der Waals surface area (Å²) in [6.07, 6.45) is 0. The van der Waals surface area contributed by atoms with Crippen molar-refractivity contribution in [3.63, 3.8) is 0 Å². The molecule has 4 nitrogen and oxygen atoms in total. The number of esters is 1. The molecule has 1 aromatic heterocycles. The Kier molecular flexibility index (Phi) is 3.52. The Balaban J connectivity index is 2.83. The lowest BCUT2D eigenvalue weighted by molar-refractivity contribution is 0.0594. The molecule has 2 aromatic rings. The van der Waals surface area contributed by atoms with Crippen molar-refractivity contribution in [2.45, 2.75) is 6.92 Å². The summed E-state index contributed by atoms with van der Waals surface area (Å²) in [5.74, 6) is 0.116. The number of hydrogen-bond donors (Lipinski definition) is 0. The summed E-state index contributed by atoms with van der Waals surface area (Å²) in [6.45, 7) is 1.93. The largest absolute Gasteiger partial charge is 0.496 e. The fourth-order valence-electron chi connectivity index (χ4n) is 1.77. The molecule has 1 heterocycles. The van der Waals surface area contributed by atoms with E-state index in [9.17, 15) is 4.79 Å². The number of rotatable bonds is 2. The van der Waals surface area contributed by atoms with Crippen LogP contribution in [0, 0.1) is 6.92 Å². The van der Waals surface area contributed by atoms with Crippen molar-refractivity contribution in [3.05, 3.63) is 33.9 Å². The zero-order valence-electron chi connectivity index (χ0n) is 10.3. The number of benzene rings is 1. The second kappa shape index (κ2) is 4.94. The van der Waals surface area contributed by atoms with E-state index >= 15 is 0 Å². The number of aromatic nitrogens is 1. The van der Waals surface area contributed by atoms with Crippen LogP contribution in [0.15, 0.2) is 22.7 Å². The third-order valence-corrected chi connectivity index (χ3v) is 3.35. The lowest BCUT2D eigenvalue weighted by atomic mass is 10.1. The first kappa shape index (κ1) is 12.8. The number of carbonyl (C=O) groups excluding carboxylic acids is 1. The zero-order valence-corrected chi connectivity index (χ0v) is 11.9. The minimum absolute atomic E-state index is 0.239. The first-order chi connectivity index (χ1) is 8.58. The van der Waals surface area contributed by atoms with Crippen molar-refractivity contribution in [3.8, 4) is 5.75 Å². The van der Waals surface area contributed by atoms with Crippen LogP contribution in [-0.4, -0.2) is 25.2 Å². The van der Waals surface area contributed by atoms with Crippen molar-refractivity contribution in [1.82, 2.24) is 4.98 Å². The van der Waals surface area contributed by atoms with Crippen LogP contribution < -0.4 is 4.74 Å². The highest BCUT2D eigenvalue weighted by molar-refractivity contribution is 9.10. The Morgan fingerprint density at radius 3 is 2.67 bits per heavy atom. The van der Waals surface area contributed by atoms with Gasteiger partial charge in [-0.2, -0.15) is 0 Å². The highest BCUT2D eigenvalue weighted by Gasteiger charge is 2.15. The second-order valence-electron chi connectivity index (χ2n) is 3.79. The molecular formula is C13H12BrNO3. The molecule has 0 fully saturated rings. The van der Waals surface area contributed by atoms with Crippen molar-refractivity contribution in [1.29, 1.82) is 0 Å². The number of hydrogen-bond acceptors (Lipinski definition) is 4. The molecule has 0 unspecified atom stereocenters. The highest BCUT2D eigenvalue weighted by Crippen LogP contribution is 2.33. The summed E-state index contributed by atoms with van der Waals surface area (Å²) in [5, 5.41) is 0.852. The van der Waals surface area contributed by atoms with Crippen molar-refractivity contribution >= 4 is 32.8 Å². The summed E-state index contributed by atoms with van der Waals surface area (Å²) >= 11 is 3.47. The number of pyridine rings is 1. The molecular weight excluding hydrogens is 298 g/mol. The van der Waals surface area contributed by atoms with Gasteiger partial charge in [-0.05, 0) is 34.5 Å². The van der Waals surface area contributed by atoms with Crippen LogP contribution in [0.3, 0.4) is 0 Å². The summed E-state index contributed by atoms with van der Waals surface area (Å²) in [4.78, 5) is 15.9. The maximum atomic E-state index is 11.6. The molecule has 0 atom stereocenters. The fourth-order valence-corrected chi connectivity index (χ4v) is 2.28. The molecule has 0 bridgehead atoms. The third-order valence-electron chi connectivity index (χ3n) is 2.69. The zero-order chi connectivity index (χ0) is 13.3. The summed E-state index contributed by atoms with van der Waals surface area (Å²) in [7, 11) is 2.89. The third kappa shape index (κ3) is 2.06. The van der Waals surface area contributed by atoms with Crippen LogP contribution in [0.4, 0.5) is 0 Å². The van der Waals surface area contributed by atoms with Crippen LogP contribution in [0.25, 0.3) is 10.9 Å². The van der Waals surface area contributed by atoms with Crippen LogP contribution in [-0.2, 0) is 4.74 Å². The van der Waals surface area contributed by atoms with Gasteiger partial charge in [-0.15, -0.1) is 0 Å². The first-order valence-corrected chi connectivity index (χ1v) is 6.10. The highest BCUT2D eigenvalue weighted by atomic mass is 79.9. The van der Waals surface area contributed by atoms with E-state index in [1.54, 1.807) is 13.2 Å². The van der Waals surface area contributed by atoms with Crippen LogP contribution in [0.1, 0.15) is 16.1 Å². The van der Waals surface area contributed by atoms with Gasteiger partial charge in [0.2, 0.25) is 0 Å². The van der Waals surface area contributed by atoms with Crippen LogP contribution >= 0.6 is 15.9 Å². The minimum Gasteiger partial charge on any atom is -0.496 e. The number of carbonyl (C=O) groups is 1. The quantitative estimate of drug-likeness (QED) is 0.800. The molecule has 1 aromatic carbocycles. The van der Waals surface area contributed by atoms with Crippen molar-refractivity contribution in [2.24, 2.45) is 0 Å². The Labute approximate surface area is 113 Å². The molecule has 0 aliphatic carbocycles. The minimum atomic E-state index is -0.477. The standard InChI is InChI=1S/C13H12BrNO3/c1-7-4-5-8(14)11-10(17-2)6-9(13(16)18-3)15-12(7)11/h4-6H,1-3H3. The average molecular weight is 310 g/mol. The van der Waals surface area contributed by atoms with E-state index in [0.717, 1.165) is 20.9 Å². The van der Waals surface area contributed by atoms with E-state index < -0.39 is 5.97 Å². The maximum absolute atomic E-state index is 11.6. The lowest BCUT2D eigenvalue weighted by Gasteiger charge is -2.10. The molecule has 0 spiro atoms. The molecule has 0 saturated carbocycles. The molecule has 5 heteroatoms. The van der Waals surface area contributed by atoms with E-state index in [1.807, 2.05) is 19.1 Å². The number of aryl methyl sites for hydroxylation is 1. The fraction of sp³-hybridized carbons (Fsp3) is 0.231. The number of halogens is 1. The van der Waals surface area contributed by atoms with Gasteiger partial charge in [0, 0.05) is 10.5 Å². The Morgan fingerprint density at radius 1 is 1.33 bits per heavy atom. The monoisotopic (exact) mass is 309 g/mol. The van der Waals surface area contributed by atoms with E-state index in [2.05, 4.69) is 25.7 Å². The maximum Gasteiger partial charge on any atom is 0.356 e. The predicted octanol–water partition coefficient (Wildman–Crippen LogP) is 3.10. The van der Waals surface area contributed by atoms with Crippen molar-refractivity contribution < 1.29 is 14.3 Å². The first-order valence-electron chi connectivity index (χ1n) is 5.30. The SMILES string of the molecule is COC(=O)c1cc(OC)c2c(Br)ccc(C)c2n1. The summed E-state index contributed by atoms with van der Waals surface area (Å²) in [5.41, 5.74) is 1.93.